The molecule has 0 saturated carbocycles. The van der Waals surface area contributed by atoms with Crippen LogP contribution >= 0.6 is 0 Å². The van der Waals surface area contributed by atoms with E-state index >= 15 is 0 Å². The first-order valence-electron chi connectivity index (χ1n) is 14.2. The number of aromatic nitrogens is 1. The van der Waals surface area contributed by atoms with E-state index in [4.69, 9.17) is 4.74 Å². The molecule has 2 saturated heterocycles. The van der Waals surface area contributed by atoms with Gasteiger partial charge in [0.2, 0.25) is 15.9 Å². The molecule has 0 radical (unpaired) electrons. The standard InChI is InChI=1S/C29H38N4O6S/c1-2-3-13-33(23-6-4-11-30-18-23)27(34)20-31-19-24(21-7-8-26-22(17-21)10-15-39-26)28(29(35)36)25(31)9-14-32-12-5-16-40(32,37)38/h4,6-8,11,17-18,24-25,28H,2-3,5,9-10,12-16,19-20H2,1H3,(H,35,36)/t24-,25+,28-/m1/s1. The molecule has 5 rings (SSSR count). The van der Waals surface area contributed by atoms with Crippen LogP contribution < -0.4 is 9.64 Å². The van der Waals surface area contributed by atoms with Crippen molar-refractivity contribution in [3.8, 4) is 5.75 Å². The third-order valence-electron chi connectivity index (χ3n) is 8.38. The molecule has 1 amide bonds. The van der Waals surface area contributed by atoms with Crippen molar-refractivity contribution >= 4 is 27.6 Å². The molecule has 10 nitrogen and oxygen atoms in total. The van der Waals surface area contributed by atoms with Gasteiger partial charge in [0, 0.05) is 50.8 Å². The Kier molecular flexibility index (Phi) is 8.72. The minimum Gasteiger partial charge on any atom is -0.493 e. The van der Waals surface area contributed by atoms with Gasteiger partial charge in [-0.3, -0.25) is 19.5 Å². The van der Waals surface area contributed by atoms with E-state index < -0.39 is 28.0 Å². The molecular formula is C29H38N4O6S. The lowest BCUT2D eigenvalue weighted by molar-refractivity contribution is -0.143. The Morgan fingerprint density at radius 2 is 2.10 bits per heavy atom. The van der Waals surface area contributed by atoms with E-state index in [9.17, 15) is 23.1 Å². The molecular weight excluding hydrogens is 532 g/mol. The number of amides is 1. The van der Waals surface area contributed by atoms with Gasteiger partial charge in [0.05, 0.1) is 36.7 Å². The number of rotatable bonds is 11. The lowest BCUT2D eigenvalue weighted by Gasteiger charge is -2.30. The van der Waals surface area contributed by atoms with Crippen molar-refractivity contribution in [2.24, 2.45) is 5.92 Å². The van der Waals surface area contributed by atoms with Crippen molar-refractivity contribution in [1.29, 1.82) is 0 Å². The minimum atomic E-state index is -3.32. The van der Waals surface area contributed by atoms with Crippen LogP contribution in [0.15, 0.2) is 42.7 Å². The first-order chi connectivity index (χ1) is 19.3. The van der Waals surface area contributed by atoms with Crippen LogP contribution in [0.25, 0.3) is 0 Å². The van der Waals surface area contributed by atoms with Crippen molar-refractivity contribution in [3.63, 3.8) is 0 Å². The number of benzene rings is 1. The van der Waals surface area contributed by atoms with Crippen molar-refractivity contribution < 1.29 is 27.9 Å². The number of carboxylic acid groups (broad SMARTS) is 1. The summed E-state index contributed by atoms with van der Waals surface area (Å²) in [6, 6.07) is 9.04. The molecule has 0 bridgehead atoms. The predicted molar refractivity (Wildman–Crippen MR) is 151 cm³/mol. The lowest BCUT2D eigenvalue weighted by atomic mass is 9.83. The van der Waals surface area contributed by atoms with E-state index in [0.717, 1.165) is 36.1 Å². The number of likely N-dealkylation sites (tertiary alicyclic amines) is 1. The van der Waals surface area contributed by atoms with E-state index in [1.54, 1.807) is 23.4 Å². The Bertz CT molecular complexity index is 1320. The Balaban J connectivity index is 1.43. The molecule has 1 aromatic heterocycles. The van der Waals surface area contributed by atoms with Gasteiger partial charge in [-0.2, -0.15) is 0 Å². The highest BCUT2D eigenvalue weighted by Gasteiger charge is 2.47. The molecule has 40 heavy (non-hydrogen) atoms. The van der Waals surface area contributed by atoms with Crippen LogP contribution in [0.2, 0.25) is 0 Å². The SMILES string of the molecule is CCCCN(C(=O)CN1C[C@H](c2ccc3c(c2)CCO3)[C@@H](C(=O)O)[C@@H]1CCN1CCCS1(=O)=O)c1cccnc1. The number of carbonyl (C=O) groups is 2. The second-order valence-electron chi connectivity index (χ2n) is 10.9. The van der Waals surface area contributed by atoms with Crippen LogP contribution in [0.5, 0.6) is 5.75 Å². The van der Waals surface area contributed by atoms with E-state index in [-0.39, 0.29) is 30.7 Å². The van der Waals surface area contributed by atoms with E-state index in [1.807, 2.05) is 29.2 Å². The first-order valence-corrected chi connectivity index (χ1v) is 15.8. The fourth-order valence-electron chi connectivity index (χ4n) is 6.33. The molecule has 4 heterocycles. The zero-order valence-electron chi connectivity index (χ0n) is 22.9. The molecule has 2 aromatic rings. The lowest BCUT2D eigenvalue weighted by Crippen LogP contribution is -2.45. The summed E-state index contributed by atoms with van der Waals surface area (Å²) in [6.45, 7) is 4.36. The van der Waals surface area contributed by atoms with Crippen LogP contribution in [0.3, 0.4) is 0 Å². The van der Waals surface area contributed by atoms with Crippen LogP contribution in [-0.2, 0) is 26.0 Å². The van der Waals surface area contributed by atoms with Crippen molar-refractivity contribution in [1.82, 2.24) is 14.2 Å². The number of pyridine rings is 1. The molecule has 1 N–H and O–H groups in total. The molecule has 1 aromatic carbocycles. The molecule has 3 aliphatic rings. The topological polar surface area (TPSA) is 120 Å². The van der Waals surface area contributed by atoms with Gasteiger partial charge < -0.3 is 14.7 Å². The predicted octanol–water partition coefficient (Wildman–Crippen LogP) is 2.74. The Hall–Kier alpha value is -3.02. The van der Waals surface area contributed by atoms with Gasteiger partial charge in [0.1, 0.15) is 5.75 Å². The number of nitrogens with zero attached hydrogens (tertiary/aromatic N) is 4. The number of unbranched alkanes of at least 4 members (excludes halogenated alkanes) is 1. The normalized spacial score (nSPS) is 24.1. The second kappa shape index (κ2) is 12.2. The Labute approximate surface area is 236 Å². The van der Waals surface area contributed by atoms with E-state index in [0.29, 0.717) is 44.8 Å². The molecule has 0 unspecified atom stereocenters. The van der Waals surface area contributed by atoms with Gasteiger partial charge in [-0.05, 0) is 48.6 Å². The molecule has 216 valence electrons. The third-order valence-corrected chi connectivity index (χ3v) is 10.3. The number of carbonyl (C=O) groups excluding carboxylic acids is 1. The summed E-state index contributed by atoms with van der Waals surface area (Å²) < 4.78 is 32.1. The second-order valence-corrected chi connectivity index (χ2v) is 13.0. The van der Waals surface area contributed by atoms with Crippen LogP contribution in [0.4, 0.5) is 5.69 Å². The molecule has 0 aliphatic carbocycles. The van der Waals surface area contributed by atoms with Gasteiger partial charge in [-0.1, -0.05) is 25.5 Å². The zero-order valence-corrected chi connectivity index (χ0v) is 23.8. The number of fused-ring (bicyclic) bond motifs is 1. The van der Waals surface area contributed by atoms with Crippen molar-refractivity contribution in [3.05, 3.63) is 53.9 Å². The molecule has 3 atom stereocenters. The molecule has 11 heteroatoms. The number of hydrogen-bond acceptors (Lipinski definition) is 7. The summed E-state index contributed by atoms with van der Waals surface area (Å²) >= 11 is 0. The van der Waals surface area contributed by atoms with Gasteiger partial charge in [0.25, 0.3) is 0 Å². The highest BCUT2D eigenvalue weighted by molar-refractivity contribution is 7.89. The number of ether oxygens (including phenoxy) is 1. The highest BCUT2D eigenvalue weighted by Crippen LogP contribution is 2.41. The van der Waals surface area contributed by atoms with Gasteiger partial charge in [-0.15, -0.1) is 0 Å². The maximum absolute atomic E-state index is 13.8. The van der Waals surface area contributed by atoms with Gasteiger partial charge in [-0.25, -0.2) is 12.7 Å². The zero-order chi connectivity index (χ0) is 28.3. The van der Waals surface area contributed by atoms with Gasteiger partial charge in [0.15, 0.2) is 0 Å². The summed E-state index contributed by atoms with van der Waals surface area (Å²) in [5.74, 6) is -1.20. The fraction of sp³-hybridized carbons (Fsp3) is 0.552. The maximum Gasteiger partial charge on any atom is 0.308 e. The molecule has 3 aliphatic heterocycles. The molecule has 2 fully saturated rings. The van der Waals surface area contributed by atoms with E-state index in [2.05, 4.69) is 11.9 Å². The van der Waals surface area contributed by atoms with Gasteiger partial charge >= 0.3 is 5.97 Å². The Morgan fingerprint density at radius 1 is 1.25 bits per heavy atom. The summed E-state index contributed by atoms with van der Waals surface area (Å²) in [5.41, 5.74) is 2.70. The number of sulfonamides is 1. The van der Waals surface area contributed by atoms with Crippen molar-refractivity contribution in [2.75, 3.05) is 50.0 Å². The average Bonchev–Trinajstić information content (AvgIpc) is 3.64. The maximum atomic E-state index is 13.8. The summed E-state index contributed by atoms with van der Waals surface area (Å²) in [4.78, 5) is 34.5. The number of anilines is 1. The fourth-order valence-corrected chi connectivity index (χ4v) is 7.88. The monoisotopic (exact) mass is 570 g/mol. The molecule has 0 spiro atoms. The number of carboxylic acids is 1. The van der Waals surface area contributed by atoms with Crippen molar-refractivity contribution in [2.45, 2.75) is 51.0 Å². The quantitative estimate of drug-likeness (QED) is 0.438. The Morgan fingerprint density at radius 3 is 2.80 bits per heavy atom. The number of hydrogen-bond donors (Lipinski definition) is 1. The number of aliphatic carboxylic acids is 1. The van der Waals surface area contributed by atoms with Crippen LogP contribution in [0.1, 0.15) is 49.7 Å². The van der Waals surface area contributed by atoms with Crippen LogP contribution in [-0.4, -0.2) is 90.7 Å². The highest BCUT2D eigenvalue weighted by atomic mass is 32.2. The third kappa shape index (κ3) is 6.01. The van der Waals surface area contributed by atoms with E-state index in [1.165, 1.54) is 4.31 Å². The average molecular weight is 571 g/mol. The minimum absolute atomic E-state index is 0.0460. The smallest absolute Gasteiger partial charge is 0.308 e. The largest absolute Gasteiger partial charge is 0.493 e. The van der Waals surface area contributed by atoms with Crippen LogP contribution in [0, 0.1) is 5.92 Å². The summed E-state index contributed by atoms with van der Waals surface area (Å²) in [7, 11) is -3.32. The summed E-state index contributed by atoms with van der Waals surface area (Å²) in [5, 5.41) is 10.5. The summed E-state index contributed by atoms with van der Waals surface area (Å²) in [6.07, 6.45) is 6.79. The first kappa shape index (κ1) is 28.5.